The molecule has 0 spiro atoms. The number of nitrogens with one attached hydrogen (secondary N) is 1. The molecule has 2 heterocycles. The highest BCUT2D eigenvalue weighted by Gasteiger charge is 2.19. The highest BCUT2D eigenvalue weighted by Crippen LogP contribution is 2.08. The third-order valence-corrected chi connectivity index (χ3v) is 3.86. The van der Waals surface area contributed by atoms with Gasteiger partial charge in [0, 0.05) is 47.8 Å². The lowest BCUT2D eigenvalue weighted by molar-refractivity contribution is 0.382. The first-order valence-corrected chi connectivity index (χ1v) is 6.28. The Morgan fingerprint density at radius 3 is 2.71 bits per heavy atom. The first-order valence-electron chi connectivity index (χ1n) is 4.79. The van der Waals surface area contributed by atoms with Crippen molar-refractivity contribution in [3.05, 3.63) is 30.1 Å². The lowest BCUT2D eigenvalue weighted by Gasteiger charge is -2.26. The molecule has 0 amide bonds. The normalized spacial score (nSPS) is 18.9. The average molecular weight is 210 g/mol. The molecule has 1 aromatic heterocycles. The van der Waals surface area contributed by atoms with Gasteiger partial charge in [0.1, 0.15) is 0 Å². The molecule has 1 saturated heterocycles. The largest absolute Gasteiger partial charge is 0.316 e. The van der Waals surface area contributed by atoms with Gasteiger partial charge in [-0.2, -0.15) is 0 Å². The Labute approximate surface area is 86.4 Å². The number of hydrogen-bond acceptors (Lipinski definition) is 3. The highest BCUT2D eigenvalue weighted by molar-refractivity contribution is 7.84. The number of aromatic nitrogens is 1. The van der Waals surface area contributed by atoms with Crippen LogP contribution < -0.4 is 5.32 Å². The van der Waals surface area contributed by atoms with E-state index in [4.69, 9.17) is 0 Å². The topological polar surface area (TPSA) is 42.0 Å². The minimum atomic E-state index is -0.718. The van der Waals surface area contributed by atoms with Gasteiger partial charge >= 0.3 is 0 Å². The fourth-order valence-electron chi connectivity index (χ4n) is 1.45. The summed E-state index contributed by atoms with van der Waals surface area (Å²) < 4.78 is 11.7. The zero-order valence-corrected chi connectivity index (χ0v) is 8.80. The Morgan fingerprint density at radius 1 is 1.43 bits per heavy atom. The van der Waals surface area contributed by atoms with Crippen LogP contribution in [0.5, 0.6) is 0 Å². The molecule has 0 aromatic carbocycles. The second kappa shape index (κ2) is 4.66. The van der Waals surface area contributed by atoms with Crippen molar-refractivity contribution in [2.45, 2.75) is 5.75 Å². The van der Waals surface area contributed by atoms with Crippen molar-refractivity contribution in [2.24, 2.45) is 5.92 Å². The standard InChI is InChI=1S/C10H14N2OS/c13-14(8-10-5-12-6-10)7-9-1-3-11-4-2-9/h1-4,10,12H,5-8H2. The molecule has 1 fully saturated rings. The quantitative estimate of drug-likeness (QED) is 0.789. The summed E-state index contributed by atoms with van der Waals surface area (Å²) in [5, 5.41) is 3.19. The van der Waals surface area contributed by atoms with Crippen LogP contribution in [0.3, 0.4) is 0 Å². The summed E-state index contributed by atoms with van der Waals surface area (Å²) in [7, 11) is -0.718. The van der Waals surface area contributed by atoms with Crippen molar-refractivity contribution in [2.75, 3.05) is 18.8 Å². The van der Waals surface area contributed by atoms with E-state index in [1.807, 2.05) is 12.1 Å². The second-order valence-electron chi connectivity index (χ2n) is 3.63. The summed E-state index contributed by atoms with van der Waals surface area (Å²) >= 11 is 0. The van der Waals surface area contributed by atoms with Gasteiger partial charge in [-0.3, -0.25) is 9.19 Å². The van der Waals surface area contributed by atoms with Crippen LogP contribution in [0.1, 0.15) is 5.56 Å². The van der Waals surface area contributed by atoms with Crippen LogP contribution in [0.2, 0.25) is 0 Å². The molecule has 3 nitrogen and oxygen atoms in total. The van der Waals surface area contributed by atoms with E-state index in [0.717, 1.165) is 24.4 Å². The van der Waals surface area contributed by atoms with Gasteiger partial charge in [-0.15, -0.1) is 0 Å². The van der Waals surface area contributed by atoms with Crippen LogP contribution in [-0.2, 0) is 16.6 Å². The van der Waals surface area contributed by atoms with Crippen molar-refractivity contribution in [3.63, 3.8) is 0 Å². The van der Waals surface area contributed by atoms with Crippen LogP contribution in [0, 0.1) is 5.92 Å². The summed E-state index contributed by atoms with van der Waals surface area (Å²) in [6.45, 7) is 2.06. The zero-order valence-electron chi connectivity index (χ0n) is 7.98. The third kappa shape index (κ3) is 2.62. The van der Waals surface area contributed by atoms with Crippen molar-refractivity contribution in [1.29, 1.82) is 0 Å². The Hall–Kier alpha value is -0.740. The maximum atomic E-state index is 11.7. The fourth-order valence-corrected chi connectivity index (χ4v) is 2.90. The maximum absolute atomic E-state index is 11.7. The van der Waals surface area contributed by atoms with Crippen LogP contribution >= 0.6 is 0 Å². The Kier molecular flexibility index (Phi) is 3.26. The van der Waals surface area contributed by atoms with E-state index in [0.29, 0.717) is 11.7 Å². The van der Waals surface area contributed by atoms with Gasteiger partial charge < -0.3 is 5.32 Å². The molecule has 1 N–H and O–H groups in total. The van der Waals surface area contributed by atoms with E-state index in [1.165, 1.54) is 0 Å². The van der Waals surface area contributed by atoms with Crippen molar-refractivity contribution < 1.29 is 4.21 Å². The third-order valence-electron chi connectivity index (χ3n) is 2.36. The first-order chi connectivity index (χ1) is 6.84. The van der Waals surface area contributed by atoms with Crippen LogP contribution in [0.15, 0.2) is 24.5 Å². The summed E-state index contributed by atoms with van der Waals surface area (Å²) in [5.74, 6) is 2.12. The fraction of sp³-hybridized carbons (Fsp3) is 0.500. The van der Waals surface area contributed by atoms with Gasteiger partial charge in [0.2, 0.25) is 0 Å². The van der Waals surface area contributed by atoms with Crippen LogP contribution in [0.4, 0.5) is 0 Å². The predicted octanol–water partition coefficient (Wildman–Crippen LogP) is 0.550. The molecule has 0 bridgehead atoms. The first kappa shape index (κ1) is 9.80. The molecular formula is C10H14N2OS. The van der Waals surface area contributed by atoms with Crippen LogP contribution in [0.25, 0.3) is 0 Å². The van der Waals surface area contributed by atoms with Gasteiger partial charge in [-0.25, -0.2) is 0 Å². The molecule has 1 aliphatic rings. The van der Waals surface area contributed by atoms with Gasteiger partial charge in [-0.1, -0.05) is 0 Å². The molecule has 76 valence electrons. The number of hydrogen-bond donors (Lipinski definition) is 1. The van der Waals surface area contributed by atoms with Gasteiger partial charge in [0.15, 0.2) is 0 Å². The molecule has 0 aliphatic carbocycles. The predicted molar refractivity (Wildman–Crippen MR) is 57.3 cm³/mol. The summed E-state index contributed by atoms with van der Waals surface area (Å²) in [4.78, 5) is 3.93. The Bertz CT molecular complexity index is 311. The van der Waals surface area contributed by atoms with E-state index < -0.39 is 10.8 Å². The lowest BCUT2D eigenvalue weighted by atomic mass is 10.1. The molecule has 0 saturated carbocycles. The minimum absolute atomic E-state index is 0.623. The van der Waals surface area contributed by atoms with E-state index in [2.05, 4.69) is 10.3 Å². The summed E-state index contributed by atoms with van der Waals surface area (Å²) in [5.41, 5.74) is 1.12. The lowest BCUT2D eigenvalue weighted by Crippen LogP contribution is -2.44. The summed E-state index contributed by atoms with van der Waals surface area (Å²) in [6.07, 6.45) is 3.49. The van der Waals surface area contributed by atoms with Crippen molar-refractivity contribution >= 4 is 10.8 Å². The average Bonchev–Trinajstić information content (AvgIpc) is 2.13. The molecule has 0 radical (unpaired) electrons. The minimum Gasteiger partial charge on any atom is -0.316 e. The second-order valence-corrected chi connectivity index (χ2v) is 5.13. The monoisotopic (exact) mass is 210 g/mol. The summed E-state index contributed by atoms with van der Waals surface area (Å²) in [6, 6.07) is 3.86. The molecule has 2 rings (SSSR count). The molecule has 4 heteroatoms. The van der Waals surface area contributed by atoms with E-state index in [1.54, 1.807) is 12.4 Å². The number of rotatable bonds is 4. The molecular weight excluding hydrogens is 196 g/mol. The molecule has 14 heavy (non-hydrogen) atoms. The molecule has 1 aliphatic heterocycles. The van der Waals surface area contributed by atoms with E-state index >= 15 is 0 Å². The molecule has 1 unspecified atom stereocenters. The van der Waals surface area contributed by atoms with Crippen molar-refractivity contribution in [1.82, 2.24) is 10.3 Å². The van der Waals surface area contributed by atoms with Gasteiger partial charge in [0.05, 0.1) is 0 Å². The maximum Gasteiger partial charge on any atom is 0.0486 e. The number of nitrogens with zero attached hydrogens (tertiary/aromatic N) is 1. The number of pyridine rings is 1. The van der Waals surface area contributed by atoms with Gasteiger partial charge in [-0.05, 0) is 23.6 Å². The highest BCUT2D eigenvalue weighted by atomic mass is 32.2. The van der Waals surface area contributed by atoms with Gasteiger partial charge in [0.25, 0.3) is 0 Å². The van der Waals surface area contributed by atoms with E-state index in [-0.39, 0.29) is 0 Å². The van der Waals surface area contributed by atoms with E-state index in [9.17, 15) is 4.21 Å². The zero-order chi connectivity index (χ0) is 9.80. The van der Waals surface area contributed by atoms with Crippen molar-refractivity contribution in [3.8, 4) is 0 Å². The SMILES string of the molecule is O=S(Cc1ccncc1)CC1CNC1. The molecule has 1 atom stereocenters. The van der Waals surface area contributed by atoms with Crippen LogP contribution in [-0.4, -0.2) is 28.0 Å². The Balaban J connectivity index is 1.82. The molecule has 1 aromatic rings. The smallest absolute Gasteiger partial charge is 0.0486 e. The Morgan fingerprint density at radius 2 is 2.14 bits per heavy atom.